The van der Waals surface area contributed by atoms with Crippen LogP contribution < -0.4 is 5.73 Å². The number of hydrogen-bond donors (Lipinski definition) is 1. The summed E-state index contributed by atoms with van der Waals surface area (Å²) >= 11 is 7.28. The second-order valence-electron chi connectivity index (χ2n) is 7.95. The standard InChI is InChI=1S/C25H20ClF3N4O2S2/c1-16-12-23(22(14-20(16)26)36-15-17-6-5-9-19(13-17)25(27,28)29)37(34,35)32-24(30)33-21(10-11-31-33)18-7-3-2-4-8-18/h2-14H,15H2,1H3,(H2,30,32). The highest BCUT2D eigenvalue weighted by Crippen LogP contribution is 2.36. The molecule has 0 aliphatic carbocycles. The first-order valence-electron chi connectivity index (χ1n) is 10.7. The molecule has 6 nitrogen and oxygen atoms in total. The Kier molecular flexibility index (Phi) is 7.67. The van der Waals surface area contributed by atoms with Gasteiger partial charge in [-0.2, -0.15) is 31.4 Å². The summed E-state index contributed by atoms with van der Waals surface area (Å²) in [5.74, 6) is -0.298. The Hall–Kier alpha value is -3.28. The van der Waals surface area contributed by atoms with Gasteiger partial charge in [0.25, 0.3) is 10.0 Å². The van der Waals surface area contributed by atoms with Gasteiger partial charge in [-0.25, -0.2) is 0 Å². The summed E-state index contributed by atoms with van der Waals surface area (Å²) in [7, 11) is -4.35. The fourth-order valence-corrected chi connectivity index (χ4v) is 6.16. The van der Waals surface area contributed by atoms with Gasteiger partial charge in [-0.05, 0) is 42.3 Å². The number of sulfonamides is 1. The van der Waals surface area contributed by atoms with Gasteiger partial charge in [0.05, 0.1) is 17.5 Å². The average Bonchev–Trinajstić information content (AvgIpc) is 3.35. The number of thioether (sulfide) groups is 1. The molecule has 0 unspecified atom stereocenters. The molecule has 0 bridgehead atoms. The Bertz CT molecular complexity index is 1570. The third-order valence-electron chi connectivity index (χ3n) is 5.29. The molecule has 0 amide bonds. The van der Waals surface area contributed by atoms with Gasteiger partial charge in [-0.3, -0.25) is 0 Å². The Morgan fingerprint density at radius 2 is 1.81 bits per heavy atom. The normalized spacial score (nSPS) is 12.6. The number of nitrogens with two attached hydrogens (primary N) is 1. The van der Waals surface area contributed by atoms with E-state index in [1.165, 1.54) is 35.1 Å². The van der Waals surface area contributed by atoms with Crippen LogP contribution in [0.3, 0.4) is 0 Å². The number of benzene rings is 3. The minimum Gasteiger partial charge on any atom is -0.367 e. The van der Waals surface area contributed by atoms with E-state index >= 15 is 0 Å². The van der Waals surface area contributed by atoms with Crippen LogP contribution in [0, 0.1) is 6.92 Å². The highest BCUT2D eigenvalue weighted by Gasteiger charge is 2.30. The molecule has 1 aromatic heterocycles. The van der Waals surface area contributed by atoms with Gasteiger partial charge in [0, 0.05) is 21.2 Å². The second kappa shape index (κ2) is 10.6. The van der Waals surface area contributed by atoms with E-state index in [1.807, 2.05) is 30.3 Å². The number of aryl methyl sites for hydroxylation is 1. The third-order valence-corrected chi connectivity index (χ3v) is 8.28. The van der Waals surface area contributed by atoms with Crippen molar-refractivity contribution >= 4 is 39.3 Å². The average molecular weight is 565 g/mol. The zero-order valence-electron chi connectivity index (χ0n) is 19.3. The lowest BCUT2D eigenvalue weighted by molar-refractivity contribution is -0.137. The van der Waals surface area contributed by atoms with Crippen molar-refractivity contribution in [3.05, 3.63) is 101 Å². The van der Waals surface area contributed by atoms with Crippen LogP contribution in [0.15, 0.2) is 93.2 Å². The fraction of sp³-hybridized carbons (Fsp3) is 0.120. The molecule has 1 heterocycles. The molecule has 0 atom stereocenters. The molecule has 4 rings (SSSR count). The van der Waals surface area contributed by atoms with Crippen molar-refractivity contribution in [3.8, 4) is 11.3 Å². The maximum absolute atomic E-state index is 13.4. The van der Waals surface area contributed by atoms with E-state index in [-0.39, 0.29) is 21.5 Å². The number of alkyl halides is 3. The van der Waals surface area contributed by atoms with Gasteiger partial charge in [-0.15, -0.1) is 16.2 Å². The molecule has 0 saturated heterocycles. The molecule has 0 aliphatic rings. The number of nitrogens with zero attached hydrogens (tertiary/aromatic N) is 3. The molecule has 2 N–H and O–H groups in total. The highest BCUT2D eigenvalue weighted by atomic mass is 35.5. The lowest BCUT2D eigenvalue weighted by atomic mass is 10.1. The summed E-state index contributed by atoms with van der Waals surface area (Å²) in [5, 5.41) is 4.41. The maximum Gasteiger partial charge on any atom is 0.416 e. The van der Waals surface area contributed by atoms with Crippen LogP contribution >= 0.6 is 23.4 Å². The van der Waals surface area contributed by atoms with Crippen molar-refractivity contribution in [2.45, 2.75) is 28.6 Å². The molecular formula is C25H20ClF3N4O2S2. The number of hydrogen-bond acceptors (Lipinski definition) is 4. The summed E-state index contributed by atoms with van der Waals surface area (Å²) in [6.45, 7) is 1.64. The highest BCUT2D eigenvalue weighted by molar-refractivity contribution is 7.99. The van der Waals surface area contributed by atoms with Crippen LogP contribution in [-0.4, -0.2) is 24.2 Å². The van der Waals surface area contributed by atoms with Crippen molar-refractivity contribution in [3.63, 3.8) is 0 Å². The van der Waals surface area contributed by atoms with Crippen LogP contribution in [-0.2, 0) is 22.0 Å². The van der Waals surface area contributed by atoms with E-state index < -0.39 is 21.8 Å². The summed E-state index contributed by atoms with van der Waals surface area (Å²) < 4.78 is 71.0. The largest absolute Gasteiger partial charge is 0.416 e. The van der Waals surface area contributed by atoms with E-state index in [4.69, 9.17) is 17.3 Å². The van der Waals surface area contributed by atoms with Crippen molar-refractivity contribution in [1.82, 2.24) is 9.78 Å². The predicted molar refractivity (Wildman–Crippen MR) is 139 cm³/mol. The number of aromatic nitrogens is 2. The van der Waals surface area contributed by atoms with Gasteiger partial charge in [0.15, 0.2) is 0 Å². The second-order valence-corrected chi connectivity index (χ2v) is 11.0. The Labute approximate surface area is 221 Å². The summed E-state index contributed by atoms with van der Waals surface area (Å²) in [6, 6.07) is 18.5. The molecule has 192 valence electrons. The third kappa shape index (κ3) is 6.17. The van der Waals surface area contributed by atoms with Gasteiger partial charge in [0.2, 0.25) is 5.96 Å². The van der Waals surface area contributed by atoms with Crippen LogP contribution in [0.25, 0.3) is 11.3 Å². The first-order chi connectivity index (χ1) is 17.5. The van der Waals surface area contributed by atoms with Crippen molar-refractivity contribution in [2.75, 3.05) is 0 Å². The monoisotopic (exact) mass is 564 g/mol. The van der Waals surface area contributed by atoms with Crippen LogP contribution in [0.2, 0.25) is 5.02 Å². The molecule has 12 heteroatoms. The molecule has 0 radical (unpaired) electrons. The molecule has 0 aliphatic heterocycles. The van der Waals surface area contributed by atoms with Crippen molar-refractivity contribution in [2.24, 2.45) is 10.1 Å². The predicted octanol–water partition coefficient (Wildman–Crippen LogP) is 6.37. The van der Waals surface area contributed by atoms with Crippen LogP contribution in [0.1, 0.15) is 16.7 Å². The van der Waals surface area contributed by atoms with E-state index in [1.54, 1.807) is 13.0 Å². The molecule has 0 saturated carbocycles. The smallest absolute Gasteiger partial charge is 0.367 e. The summed E-state index contributed by atoms with van der Waals surface area (Å²) in [5.41, 5.74) is 7.45. The van der Waals surface area contributed by atoms with E-state index in [0.29, 0.717) is 21.8 Å². The minimum atomic E-state index is -4.49. The van der Waals surface area contributed by atoms with Crippen LogP contribution in [0.5, 0.6) is 0 Å². The van der Waals surface area contributed by atoms with Gasteiger partial charge in [-0.1, -0.05) is 60.1 Å². The maximum atomic E-state index is 13.4. The lowest BCUT2D eigenvalue weighted by Gasteiger charge is -2.12. The Balaban J connectivity index is 1.68. The first-order valence-corrected chi connectivity index (χ1v) is 13.6. The number of halogens is 4. The van der Waals surface area contributed by atoms with E-state index in [2.05, 4.69) is 9.50 Å². The van der Waals surface area contributed by atoms with E-state index in [9.17, 15) is 21.6 Å². The Morgan fingerprint density at radius 1 is 1.08 bits per heavy atom. The van der Waals surface area contributed by atoms with Crippen LogP contribution in [0.4, 0.5) is 13.2 Å². The van der Waals surface area contributed by atoms with Gasteiger partial charge in [0.1, 0.15) is 4.90 Å². The topological polar surface area (TPSA) is 90.3 Å². The summed E-state index contributed by atoms with van der Waals surface area (Å²) in [6.07, 6.45) is -3.01. The van der Waals surface area contributed by atoms with Gasteiger partial charge < -0.3 is 5.73 Å². The minimum absolute atomic E-state index is 0.0718. The van der Waals surface area contributed by atoms with E-state index in [0.717, 1.165) is 29.5 Å². The molecule has 0 fully saturated rings. The Morgan fingerprint density at radius 3 is 2.51 bits per heavy atom. The quantitative estimate of drug-likeness (QED) is 0.167. The van der Waals surface area contributed by atoms with Crippen molar-refractivity contribution in [1.29, 1.82) is 0 Å². The molecule has 37 heavy (non-hydrogen) atoms. The molecule has 3 aromatic carbocycles. The summed E-state index contributed by atoms with van der Waals surface area (Å²) in [4.78, 5) is 0.0658. The fourth-order valence-electron chi connectivity index (χ4n) is 3.47. The molecule has 0 spiro atoms. The first kappa shape index (κ1) is 26.8. The molecular weight excluding hydrogens is 545 g/mol. The SMILES string of the molecule is Cc1cc(S(=O)(=O)/N=C(\N)n2nccc2-c2ccccc2)c(SCc2cccc(C(F)(F)F)c2)cc1Cl. The lowest BCUT2D eigenvalue weighted by Crippen LogP contribution is -2.26. The zero-order valence-corrected chi connectivity index (χ0v) is 21.7. The molecule has 4 aromatic rings. The van der Waals surface area contributed by atoms with Crippen molar-refractivity contribution < 1.29 is 21.6 Å². The number of rotatable bonds is 6. The zero-order chi connectivity index (χ0) is 26.8. The van der Waals surface area contributed by atoms with Gasteiger partial charge >= 0.3 is 6.18 Å².